The van der Waals surface area contributed by atoms with Gasteiger partial charge in [0.15, 0.2) is 12.2 Å². The number of benzene rings is 3. The van der Waals surface area contributed by atoms with Crippen LogP contribution < -0.4 is 16.4 Å². The third-order valence-electron chi connectivity index (χ3n) is 7.28. The standard InChI is InChI=1S/C34H43N3O8/c1-21(2)18-25(35)33(43)37-27(20-38)29(40)30(41)31(42)34(44)36-26(22-12-6-3-7-13-22)19-28(39)45-32(23-14-8-4-9-15-23)24-16-10-5-11-17-24/h3-17,21,25-27,29-32,38,40-42H,18-20,35H2,1-2H3,(H,36,44)(H,37,43)/t25-,26-,27-,29+,30+,31-/m0/s1. The molecule has 3 aromatic rings. The Kier molecular flexibility index (Phi) is 13.7. The minimum atomic E-state index is -2.18. The fourth-order valence-corrected chi connectivity index (χ4v) is 4.85. The van der Waals surface area contributed by atoms with Crippen LogP contribution in [0.3, 0.4) is 0 Å². The van der Waals surface area contributed by atoms with Crippen molar-refractivity contribution < 1.29 is 39.5 Å². The number of nitrogens with one attached hydrogen (secondary N) is 2. The number of nitrogens with two attached hydrogens (primary N) is 1. The molecular weight excluding hydrogens is 578 g/mol. The van der Waals surface area contributed by atoms with E-state index in [1.165, 1.54) is 0 Å². The smallest absolute Gasteiger partial charge is 0.309 e. The summed E-state index contributed by atoms with van der Waals surface area (Å²) in [6.07, 6.45) is -6.90. The fraction of sp³-hybridized carbons (Fsp3) is 0.382. The van der Waals surface area contributed by atoms with Gasteiger partial charge >= 0.3 is 5.97 Å². The van der Waals surface area contributed by atoms with E-state index in [0.717, 1.165) is 11.1 Å². The molecule has 0 aromatic heterocycles. The fourth-order valence-electron chi connectivity index (χ4n) is 4.85. The van der Waals surface area contributed by atoms with Crippen molar-refractivity contribution in [2.24, 2.45) is 11.7 Å². The monoisotopic (exact) mass is 621 g/mol. The number of carbonyl (C=O) groups is 3. The summed E-state index contributed by atoms with van der Waals surface area (Å²) in [7, 11) is 0. The lowest BCUT2D eigenvalue weighted by molar-refractivity contribution is -0.149. The van der Waals surface area contributed by atoms with Crippen LogP contribution in [-0.2, 0) is 19.1 Å². The van der Waals surface area contributed by atoms with Crippen LogP contribution >= 0.6 is 0 Å². The lowest BCUT2D eigenvalue weighted by atomic mass is 9.98. The molecule has 242 valence electrons. The Labute approximate surface area is 263 Å². The summed E-state index contributed by atoms with van der Waals surface area (Å²) >= 11 is 0. The Morgan fingerprint density at radius 3 is 1.69 bits per heavy atom. The molecule has 11 heteroatoms. The quantitative estimate of drug-likeness (QED) is 0.116. The van der Waals surface area contributed by atoms with Crippen LogP contribution in [0.25, 0.3) is 0 Å². The molecule has 0 saturated carbocycles. The summed E-state index contributed by atoms with van der Waals surface area (Å²) in [6.45, 7) is 2.95. The highest BCUT2D eigenvalue weighted by Crippen LogP contribution is 2.28. The van der Waals surface area contributed by atoms with Gasteiger partial charge in [0, 0.05) is 0 Å². The van der Waals surface area contributed by atoms with Crippen LogP contribution in [0.2, 0.25) is 0 Å². The number of carbonyl (C=O) groups excluding carboxylic acids is 3. The molecule has 2 amide bonds. The Balaban J connectivity index is 1.73. The maximum absolute atomic E-state index is 13.3. The molecule has 0 spiro atoms. The van der Waals surface area contributed by atoms with E-state index >= 15 is 0 Å². The molecule has 3 rings (SSSR count). The van der Waals surface area contributed by atoms with Gasteiger partial charge in [-0.1, -0.05) is 105 Å². The number of amides is 2. The van der Waals surface area contributed by atoms with Crippen molar-refractivity contribution in [3.63, 3.8) is 0 Å². The molecule has 0 aliphatic heterocycles. The Hall–Kier alpha value is -4.13. The van der Waals surface area contributed by atoms with Gasteiger partial charge in [0.2, 0.25) is 5.91 Å². The van der Waals surface area contributed by atoms with Gasteiger partial charge in [0.1, 0.15) is 12.2 Å². The van der Waals surface area contributed by atoms with Gasteiger partial charge in [-0.2, -0.15) is 0 Å². The maximum Gasteiger partial charge on any atom is 0.309 e. The van der Waals surface area contributed by atoms with Crippen molar-refractivity contribution in [2.45, 2.75) is 69.2 Å². The number of aliphatic hydroxyl groups is 4. The number of ether oxygens (including phenoxy) is 1. The van der Waals surface area contributed by atoms with Crippen molar-refractivity contribution in [1.29, 1.82) is 0 Å². The van der Waals surface area contributed by atoms with Crippen molar-refractivity contribution >= 4 is 17.8 Å². The number of hydrogen-bond acceptors (Lipinski definition) is 9. The summed E-state index contributed by atoms with van der Waals surface area (Å²) in [4.78, 5) is 38.9. The topological polar surface area (TPSA) is 191 Å². The van der Waals surface area contributed by atoms with Crippen molar-refractivity contribution in [3.05, 3.63) is 108 Å². The van der Waals surface area contributed by atoms with E-state index in [4.69, 9.17) is 10.5 Å². The summed E-state index contributed by atoms with van der Waals surface area (Å²) in [5.74, 6) is -2.29. The van der Waals surface area contributed by atoms with Crippen molar-refractivity contribution in [3.8, 4) is 0 Å². The first-order valence-electron chi connectivity index (χ1n) is 14.9. The van der Waals surface area contributed by atoms with Gasteiger partial charge in [-0.3, -0.25) is 14.4 Å². The summed E-state index contributed by atoms with van der Waals surface area (Å²) < 4.78 is 5.91. The van der Waals surface area contributed by atoms with Gasteiger partial charge in [-0.25, -0.2) is 0 Å². The van der Waals surface area contributed by atoms with Gasteiger partial charge < -0.3 is 41.5 Å². The van der Waals surface area contributed by atoms with E-state index in [1.54, 1.807) is 30.3 Å². The summed E-state index contributed by atoms with van der Waals surface area (Å²) in [5.41, 5.74) is 7.89. The molecule has 0 heterocycles. The first-order chi connectivity index (χ1) is 21.5. The SMILES string of the molecule is CC(C)C[C@H](N)C(=O)N[C@@H](CO)[C@@H](O)[C@@H](O)[C@H](O)C(=O)N[C@@H](CC(=O)OC(c1ccccc1)c1ccccc1)c1ccccc1. The van der Waals surface area contributed by atoms with Gasteiger partial charge in [0.25, 0.3) is 5.91 Å². The minimum absolute atomic E-state index is 0.108. The molecule has 3 aromatic carbocycles. The molecule has 0 aliphatic rings. The van der Waals surface area contributed by atoms with Crippen LogP contribution in [0, 0.1) is 5.92 Å². The Morgan fingerprint density at radius 2 is 1.22 bits per heavy atom. The van der Waals surface area contributed by atoms with Crippen LogP contribution in [0.4, 0.5) is 0 Å². The van der Waals surface area contributed by atoms with E-state index in [1.807, 2.05) is 74.5 Å². The van der Waals surface area contributed by atoms with Gasteiger partial charge in [-0.15, -0.1) is 0 Å². The second-order valence-electron chi connectivity index (χ2n) is 11.3. The van der Waals surface area contributed by atoms with E-state index in [9.17, 15) is 34.8 Å². The molecule has 0 radical (unpaired) electrons. The lowest BCUT2D eigenvalue weighted by Gasteiger charge is -2.30. The average molecular weight is 622 g/mol. The van der Waals surface area contributed by atoms with Crippen molar-refractivity contribution in [2.75, 3.05) is 6.61 Å². The highest BCUT2D eigenvalue weighted by Gasteiger charge is 2.37. The molecule has 0 unspecified atom stereocenters. The molecule has 11 nitrogen and oxygen atoms in total. The van der Waals surface area contributed by atoms with Crippen LogP contribution in [0.5, 0.6) is 0 Å². The first kappa shape index (κ1) is 35.4. The van der Waals surface area contributed by atoms with Crippen LogP contribution in [0.15, 0.2) is 91.0 Å². The molecular formula is C34H43N3O8. The molecule has 8 N–H and O–H groups in total. The molecule has 45 heavy (non-hydrogen) atoms. The number of rotatable bonds is 16. The number of hydrogen-bond donors (Lipinski definition) is 7. The largest absolute Gasteiger partial charge is 0.452 e. The maximum atomic E-state index is 13.3. The van der Waals surface area contributed by atoms with Gasteiger partial charge in [-0.05, 0) is 29.0 Å². The first-order valence-corrected chi connectivity index (χ1v) is 14.9. The molecule has 6 atom stereocenters. The third-order valence-corrected chi connectivity index (χ3v) is 7.28. The van der Waals surface area contributed by atoms with E-state index < -0.39 is 66.9 Å². The zero-order valence-electron chi connectivity index (χ0n) is 25.4. The Bertz CT molecular complexity index is 1300. The molecule has 0 aliphatic carbocycles. The average Bonchev–Trinajstić information content (AvgIpc) is 3.05. The summed E-state index contributed by atoms with van der Waals surface area (Å²) in [5, 5.41) is 46.6. The Morgan fingerprint density at radius 1 is 0.733 bits per heavy atom. The van der Waals surface area contributed by atoms with E-state index in [0.29, 0.717) is 12.0 Å². The normalized spacial score (nSPS) is 15.4. The zero-order valence-corrected chi connectivity index (χ0v) is 25.4. The number of esters is 1. The highest BCUT2D eigenvalue weighted by atomic mass is 16.5. The van der Waals surface area contributed by atoms with E-state index in [-0.39, 0.29) is 12.3 Å². The zero-order chi connectivity index (χ0) is 32.9. The van der Waals surface area contributed by atoms with Crippen LogP contribution in [-0.4, -0.2) is 75.2 Å². The van der Waals surface area contributed by atoms with Crippen LogP contribution in [0.1, 0.15) is 55.5 Å². The molecule has 0 fully saturated rings. The minimum Gasteiger partial charge on any atom is -0.452 e. The van der Waals surface area contributed by atoms with Gasteiger partial charge in [0.05, 0.1) is 31.2 Å². The van der Waals surface area contributed by atoms with Crippen molar-refractivity contribution in [1.82, 2.24) is 10.6 Å². The predicted molar refractivity (Wildman–Crippen MR) is 167 cm³/mol. The summed E-state index contributed by atoms with van der Waals surface area (Å²) in [6, 6.07) is 23.6. The predicted octanol–water partition coefficient (Wildman–Crippen LogP) is 1.50. The molecule has 0 saturated heterocycles. The van der Waals surface area contributed by atoms with E-state index in [2.05, 4.69) is 10.6 Å². The molecule has 0 bridgehead atoms. The lowest BCUT2D eigenvalue weighted by Crippen LogP contribution is -2.58. The third kappa shape index (κ3) is 10.5. The number of aliphatic hydroxyl groups excluding tert-OH is 4. The second kappa shape index (κ2) is 17.4. The highest BCUT2D eigenvalue weighted by molar-refractivity contribution is 5.83. The second-order valence-corrected chi connectivity index (χ2v) is 11.3.